The van der Waals surface area contributed by atoms with E-state index >= 15 is 8.78 Å². The predicted octanol–water partition coefficient (Wildman–Crippen LogP) is 4.56. The largest absolute Gasteiger partial charge is 0.390 e. The molecule has 184 valence electrons. The summed E-state index contributed by atoms with van der Waals surface area (Å²) in [4.78, 5) is 25.6. The Labute approximate surface area is 205 Å². The van der Waals surface area contributed by atoms with Gasteiger partial charge in [0.05, 0.1) is 12.2 Å². The number of carbonyl (C=O) groups excluding carboxylic acids is 2. The molecular weight excluding hydrogens is 522 g/mol. The van der Waals surface area contributed by atoms with E-state index in [1.165, 1.54) is 6.08 Å². The summed E-state index contributed by atoms with van der Waals surface area (Å²) in [5.74, 6) is -3.05. The number of hydrogen-bond acceptors (Lipinski definition) is 5. The van der Waals surface area contributed by atoms with E-state index in [0.29, 0.717) is 6.42 Å². The molecule has 0 aromatic heterocycles. The molecule has 0 amide bonds. The molecule has 9 heteroatoms. The van der Waals surface area contributed by atoms with E-state index in [2.05, 4.69) is 15.9 Å². The second-order valence-electron chi connectivity index (χ2n) is 11.5. The van der Waals surface area contributed by atoms with Crippen molar-refractivity contribution in [3.05, 3.63) is 11.6 Å². The highest BCUT2D eigenvalue weighted by Crippen LogP contribution is 2.73. The van der Waals surface area contributed by atoms with Gasteiger partial charge >= 0.3 is 0 Å². The summed E-state index contributed by atoms with van der Waals surface area (Å²) in [5.41, 5.74) is -5.81. The van der Waals surface area contributed by atoms with Crippen molar-refractivity contribution in [1.82, 2.24) is 0 Å². The van der Waals surface area contributed by atoms with Gasteiger partial charge in [0, 0.05) is 23.2 Å². The summed E-state index contributed by atoms with van der Waals surface area (Å²) in [6.45, 7) is 6.88. The molecule has 0 aromatic rings. The first kappa shape index (κ1) is 24.3. The van der Waals surface area contributed by atoms with E-state index in [-0.39, 0.29) is 37.0 Å². The molecule has 0 aromatic carbocycles. The van der Waals surface area contributed by atoms with Crippen LogP contribution in [0.1, 0.15) is 59.8 Å². The van der Waals surface area contributed by atoms with Gasteiger partial charge < -0.3 is 14.6 Å². The van der Waals surface area contributed by atoms with Crippen LogP contribution in [0.4, 0.5) is 8.78 Å². The highest BCUT2D eigenvalue weighted by atomic mass is 79.9. The summed E-state index contributed by atoms with van der Waals surface area (Å²) in [5, 5.41) is 11.5. The van der Waals surface area contributed by atoms with Gasteiger partial charge in [-0.25, -0.2) is 8.78 Å². The maximum absolute atomic E-state index is 17.3. The maximum Gasteiger partial charge on any atom is 0.196 e. The molecule has 10 atom stereocenters. The third-order valence-corrected chi connectivity index (χ3v) is 10.2. The Morgan fingerprint density at radius 3 is 2.58 bits per heavy atom. The smallest absolute Gasteiger partial charge is 0.196 e. The number of allylic oxidation sites excluding steroid dienone is 1. The molecule has 4 aliphatic carbocycles. The molecule has 0 spiro atoms. The number of aliphatic hydroxyl groups is 1. The second kappa shape index (κ2) is 7.09. The minimum atomic E-state index is -2.14. The van der Waals surface area contributed by atoms with Gasteiger partial charge in [0.1, 0.15) is 16.1 Å². The Hall–Kier alpha value is -0.410. The van der Waals surface area contributed by atoms with Crippen LogP contribution in [-0.4, -0.2) is 56.4 Å². The average Bonchev–Trinajstić information content (AvgIpc) is 3.11. The van der Waals surface area contributed by atoms with Crippen LogP contribution in [0.2, 0.25) is 0 Å². The van der Waals surface area contributed by atoms with Gasteiger partial charge in [0.15, 0.2) is 23.0 Å². The van der Waals surface area contributed by atoms with Crippen molar-refractivity contribution >= 4 is 39.1 Å². The van der Waals surface area contributed by atoms with Crippen molar-refractivity contribution < 1.29 is 33.0 Å². The van der Waals surface area contributed by atoms with Crippen LogP contribution < -0.4 is 0 Å². The molecule has 5 rings (SSSR count). The number of ketones is 2. The Bertz CT molecular complexity index is 957. The van der Waals surface area contributed by atoms with Gasteiger partial charge in [0.25, 0.3) is 0 Å². The van der Waals surface area contributed by atoms with Crippen molar-refractivity contribution in [3.63, 3.8) is 0 Å². The maximum atomic E-state index is 17.3. The lowest BCUT2D eigenvalue weighted by Gasteiger charge is -2.64. The van der Waals surface area contributed by atoms with Crippen LogP contribution >= 0.6 is 27.5 Å². The molecule has 4 fully saturated rings. The first-order chi connectivity index (χ1) is 15.1. The van der Waals surface area contributed by atoms with Crippen LogP contribution in [0.3, 0.4) is 0 Å². The van der Waals surface area contributed by atoms with Crippen molar-refractivity contribution in [2.75, 3.05) is 0 Å². The molecule has 1 saturated heterocycles. The summed E-state index contributed by atoms with van der Waals surface area (Å²) in [6, 6.07) is 0. The number of Topliss-reactive ketones (excluding diaryl/α,β-unsaturated/α-hetero) is 1. The molecule has 0 bridgehead atoms. The lowest BCUT2D eigenvalue weighted by molar-refractivity contribution is -0.253. The van der Waals surface area contributed by atoms with Crippen molar-refractivity contribution in [1.29, 1.82) is 0 Å². The van der Waals surface area contributed by atoms with Crippen molar-refractivity contribution in [2.24, 2.45) is 22.7 Å². The Balaban J connectivity index is 1.66. The third kappa shape index (κ3) is 2.79. The highest BCUT2D eigenvalue weighted by Gasteiger charge is 2.81. The first-order valence-electron chi connectivity index (χ1n) is 11.6. The molecule has 1 heterocycles. The number of hydrogen-bond donors (Lipinski definition) is 1. The standard InChI is InChI=1S/C24H30BrClF2O5/c1-20(2)32-17-9-12-13-8-15(27)14-7-11(29)5-6-21(14,3)23(13,28)16(30)10-22(12,4)24(17,33-20)18(31)19(25)26/h7,12-13,15-17,19,30H,5-6,8-10H2,1-4H3/t12-,13-,15-,16-,17+,19?,21-,22-,23-,24-/m0/s1. The molecule has 3 saturated carbocycles. The zero-order valence-corrected chi connectivity index (χ0v) is 21.5. The van der Waals surface area contributed by atoms with E-state index in [9.17, 15) is 14.7 Å². The summed E-state index contributed by atoms with van der Waals surface area (Å²) in [7, 11) is 0. The number of rotatable bonds is 2. The highest BCUT2D eigenvalue weighted by molar-refractivity contribution is 9.10. The lowest BCUT2D eigenvalue weighted by Crippen LogP contribution is -2.71. The van der Waals surface area contributed by atoms with E-state index < -0.39 is 68.2 Å². The summed E-state index contributed by atoms with van der Waals surface area (Å²) in [6.07, 6.45) is -2.09. The predicted molar refractivity (Wildman–Crippen MR) is 120 cm³/mol. The minimum absolute atomic E-state index is 0.0588. The molecule has 33 heavy (non-hydrogen) atoms. The van der Waals surface area contributed by atoms with Gasteiger partial charge in [-0.05, 0) is 57.1 Å². The topological polar surface area (TPSA) is 72.8 Å². The van der Waals surface area contributed by atoms with Crippen molar-refractivity contribution in [2.45, 2.75) is 99.5 Å². The van der Waals surface area contributed by atoms with Gasteiger partial charge in [-0.2, -0.15) is 0 Å². The van der Waals surface area contributed by atoms with E-state index in [4.69, 9.17) is 21.1 Å². The SMILES string of the molecule is CC1(C)O[C@@H]2C[C@H]3[C@@H]4C[C@H](F)C5=CC(=O)CC[C@]5(C)[C@@]4(F)[C@@H](O)C[C@]3(C)[C@]2(C(=O)C(Cl)Br)O1. The summed E-state index contributed by atoms with van der Waals surface area (Å²) >= 11 is 9.37. The number of alkyl halides is 4. The minimum Gasteiger partial charge on any atom is -0.390 e. The fraction of sp³-hybridized carbons (Fsp3) is 0.833. The number of carbonyl (C=O) groups is 2. The van der Waals surface area contributed by atoms with Gasteiger partial charge in [-0.3, -0.25) is 9.59 Å². The average molecular weight is 552 g/mol. The lowest BCUT2D eigenvalue weighted by atomic mass is 9.43. The number of fused-ring (bicyclic) bond motifs is 7. The molecule has 1 N–H and O–H groups in total. The third-order valence-electron chi connectivity index (χ3n) is 9.58. The van der Waals surface area contributed by atoms with Gasteiger partial charge in [-0.15, -0.1) is 11.6 Å². The van der Waals surface area contributed by atoms with Crippen molar-refractivity contribution in [3.8, 4) is 0 Å². The molecular formula is C24H30BrClF2O5. The zero-order chi connectivity index (χ0) is 24.4. The monoisotopic (exact) mass is 550 g/mol. The van der Waals surface area contributed by atoms with E-state index in [1.54, 1.807) is 20.8 Å². The van der Waals surface area contributed by atoms with Crippen LogP contribution in [0, 0.1) is 22.7 Å². The van der Waals surface area contributed by atoms with E-state index in [0.717, 1.165) is 0 Å². The quantitative estimate of drug-likeness (QED) is 0.510. The van der Waals surface area contributed by atoms with Crippen LogP contribution in [0.15, 0.2) is 11.6 Å². The number of aliphatic hydroxyl groups excluding tert-OH is 1. The molecule has 5 nitrogen and oxygen atoms in total. The Kier molecular flexibility index (Phi) is 5.22. The molecule has 5 aliphatic rings. The number of halogens is 4. The van der Waals surface area contributed by atoms with Crippen LogP contribution in [-0.2, 0) is 19.1 Å². The normalized spacial score (nSPS) is 53.4. The van der Waals surface area contributed by atoms with Crippen LogP contribution in [0.25, 0.3) is 0 Å². The van der Waals surface area contributed by atoms with E-state index in [1.807, 2.05) is 6.92 Å². The fourth-order valence-corrected chi connectivity index (χ4v) is 8.76. The molecule has 0 radical (unpaired) electrons. The van der Waals surface area contributed by atoms with Crippen LogP contribution in [0.5, 0.6) is 0 Å². The van der Waals surface area contributed by atoms with Gasteiger partial charge in [0.2, 0.25) is 0 Å². The van der Waals surface area contributed by atoms with Gasteiger partial charge in [-0.1, -0.05) is 29.8 Å². The molecule has 1 unspecified atom stereocenters. The zero-order valence-electron chi connectivity index (χ0n) is 19.2. The second-order valence-corrected chi connectivity index (χ2v) is 13.3. The first-order valence-corrected chi connectivity index (χ1v) is 13.0. The Morgan fingerprint density at radius 2 is 1.94 bits per heavy atom. The number of ether oxygens (including phenoxy) is 2. The Morgan fingerprint density at radius 1 is 1.27 bits per heavy atom. The fourth-order valence-electron chi connectivity index (χ4n) is 8.26. The summed E-state index contributed by atoms with van der Waals surface area (Å²) < 4.78 is 44.3. The molecule has 1 aliphatic heterocycles.